The summed E-state index contributed by atoms with van der Waals surface area (Å²) in [5.41, 5.74) is 0.652. The molecule has 0 spiro atoms. The third kappa shape index (κ3) is 2.36. The van der Waals surface area contributed by atoms with Crippen molar-refractivity contribution in [3.05, 3.63) is 11.3 Å². The van der Waals surface area contributed by atoms with Crippen molar-refractivity contribution in [1.29, 1.82) is 0 Å². The van der Waals surface area contributed by atoms with E-state index >= 15 is 0 Å². The summed E-state index contributed by atoms with van der Waals surface area (Å²) >= 11 is 0. The Balaban J connectivity index is 2.62. The second-order valence-corrected chi connectivity index (χ2v) is 7.35. The molecule has 2 aromatic rings. The van der Waals surface area contributed by atoms with Gasteiger partial charge in [-0.3, -0.25) is 0 Å². The zero-order valence-corrected chi connectivity index (χ0v) is 15.7. The molecule has 1 aromatic heterocycles. The fourth-order valence-corrected chi connectivity index (χ4v) is 3.69. The minimum atomic E-state index is -2.02. The van der Waals surface area contributed by atoms with Gasteiger partial charge in [0.1, 0.15) is 29.3 Å². The van der Waals surface area contributed by atoms with Gasteiger partial charge in [0.05, 0.1) is 69.9 Å². The molecule has 3 rings (SSSR count). The number of rotatable bonds is 1. The second kappa shape index (κ2) is 6.12. The first kappa shape index (κ1) is 21.9. The number of hydrogen-bond donors (Lipinski definition) is 1. The Labute approximate surface area is 180 Å². The Morgan fingerprint density at radius 2 is 1.29 bits per heavy atom. The Morgan fingerprint density at radius 1 is 0.786 bits per heavy atom. The zero-order valence-electron chi connectivity index (χ0n) is 15.7. The highest BCUT2D eigenvalue weighted by Crippen LogP contribution is 2.47. The Morgan fingerprint density at radius 3 is 1.79 bits per heavy atom. The maximum absolute atomic E-state index is 6.43. The van der Waals surface area contributed by atoms with E-state index < -0.39 is 21.1 Å². The van der Waals surface area contributed by atoms with Gasteiger partial charge in [0.25, 0.3) is 0 Å². The standard InChI is InChI=1S/C14H7B11N2O/c1-27-13(22,23)11(18,19)4-3-5(15)6(16)9(28-2)7(17)8(3)26-10(4)12(20,21)14(27,24)25/h26H,1-2H3. The number of fused-ring (bicyclic) bond motifs is 3. The number of likely N-dealkylation sites (N-methyl/N-ethyl adjacent to an activating group) is 1. The molecule has 112 valence electrons. The predicted octanol–water partition coefficient (Wildman–Crippen LogP) is -5.54. The smallest absolute Gasteiger partial charge is 0.121 e. The predicted molar refractivity (Wildman–Crippen MR) is 124 cm³/mol. The highest BCUT2D eigenvalue weighted by atomic mass is 16.5. The molecule has 0 atom stereocenters. The molecule has 28 heavy (non-hydrogen) atoms. The molecule has 0 saturated carbocycles. The molecule has 2 heterocycles. The van der Waals surface area contributed by atoms with E-state index in [0.717, 1.165) is 4.90 Å². The van der Waals surface area contributed by atoms with Gasteiger partial charge in [0.15, 0.2) is 0 Å². The van der Waals surface area contributed by atoms with Crippen LogP contribution in [0.5, 0.6) is 5.75 Å². The lowest BCUT2D eigenvalue weighted by molar-refractivity contribution is 0.200. The van der Waals surface area contributed by atoms with Crippen LogP contribution in [0.25, 0.3) is 10.9 Å². The lowest BCUT2D eigenvalue weighted by Crippen LogP contribution is -2.73. The van der Waals surface area contributed by atoms with Crippen LogP contribution in [0.1, 0.15) is 11.3 Å². The first-order valence-electron chi connectivity index (χ1n) is 8.18. The van der Waals surface area contributed by atoms with E-state index in [-0.39, 0.29) is 44.3 Å². The third-order valence-corrected chi connectivity index (χ3v) is 5.78. The van der Waals surface area contributed by atoms with Gasteiger partial charge in [0.2, 0.25) is 0 Å². The molecule has 0 fully saturated rings. The van der Waals surface area contributed by atoms with Crippen molar-refractivity contribution in [3.8, 4) is 5.75 Å². The van der Waals surface area contributed by atoms with Gasteiger partial charge in [-0.1, -0.05) is 32.0 Å². The van der Waals surface area contributed by atoms with Crippen LogP contribution in [-0.2, 0) is 10.4 Å². The van der Waals surface area contributed by atoms with E-state index in [0.29, 0.717) is 0 Å². The maximum atomic E-state index is 6.43. The van der Waals surface area contributed by atoms with E-state index in [9.17, 15) is 0 Å². The van der Waals surface area contributed by atoms with Crippen LogP contribution < -0.4 is 21.1 Å². The highest BCUT2D eigenvalue weighted by Gasteiger charge is 2.54. The minimum Gasteiger partial charge on any atom is -0.498 e. The summed E-state index contributed by atoms with van der Waals surface area (Å²) < 4.78 is 5.24. The molecule has 0 amide bonds. The van der Waals surface area contributed by atoms with Gasteiger partial charge >= 0.3 is 0 Å². The van der Waals surface area contributed by atoms with E-state index in [1.165, 1.54) is 14.2 Å². The Bertz CT molecular complexity index is 982. The summed E-state index contributed by atoms with van der Waals surface area (Å²) in [7, 11) is 72.0. The third-order valence-electron chi connectivity index (χ3n) is 5.78. The molecular weight excluding hydrogens is 331 g/mol. The number of nitrogens with zero attached hydrogens (tertiary/aromatic N) is 1. The van der Waals surface area contributed by atoms with E-state index in [4.69, 9.17) is 91.0 Å². The van der Waals surface area contributed by atoms with Gasteiger partial charge in [-0.05, 0) is 23.5 Å². The van der Waals surface area contributed by atoms with Crippen LogP contribution in [-0.4, -0.2) is 121 Å². The summed E-state index contributed by atoms with van der Waals surface area (Å²) in [5.74, 6) is 0.149. The van der Waals surface area contributed by atoms with Crippen molar-refractivity contribution >= 4 is 114 Å². The number of benzene rings is 1. The molecule has 22 radical (unpaired) electrons. The van der Waals surface area contributed by atoms with E-state index in [1.54, 1.807) is 0 Å². The summed E-state index contributed by atoms with van der Waals surface area (Å²) in [5, 5.41) is -7.74. The Hall–Kier alpha value is -0.766. The van der Waals surface area contributed by atoms with Crippen molar-refractivity contribution in [3.63, 3.8) is 0 Å². The lowest BCUT2D eigenvalue weighted by atomic mass is 9.30. The molecule has 0 saturated heterocycles. The summed E-state index contributed by atoms with van der Waals surface area (Å²) in [6.07, 6.45) is 0. The van der Waals surface area contributed by atoms with Crippen LogP contribution in [0.3, 0.4) is 0 Å². The van der Waals surface area contributed by atoms with Gasteiger partial charge in [-0.25, -0.2) is 0 Å². The SMILES string of the molecule is [B]c1c(OC)c([B])c2[nH]c3c(c2c1[B])C([B])([B])C([B])([B])N(C)C([B])([B])C3([B])[B]. The number of methoxy groups -OCH3 is 1. The second-order valence-electron chi connectivity index (χ2n) is 7.35. The summed E-state index contributed by atoms with van der Waals surface area (Å²) in [6, 6.07) is 0. The average molecular weight is 338 g/mol. The summed E-state index contributed by atoms with van der Waals surface area (Å²) in [4.78, 5) is 4.08. The van der Waals surface area contributed by atoms with Crippen LogP contribution in [0.15, 0.2) is 0 Å². The molecule has 1 aliphatic rings. The zero-order chi connectivity index (χ0) is 21.6. The minimum absolute atomic E-state index is 0.0492. The molecule has 1 N–H and O–H groups in total. The molecule has 0 bridgehead atoms. The topological polar surface area (TPSA) is 28.3 Å². The van der Waals surface area contributed by atoms with E-state index in [1.807, 2.05) is 0 Å². The molecule has 3 nitrogen and oxygen atoms in total. The monoisotopic (exact) mass is 340 g/mol. The van der Waals surface area contributed by atoms with Gasteiger partial charge in [-0.2, -0.15) is 0 Å². The van der Waals surface area contributed by atoms with Gasteiger partial charge < -0.3 is 14.6 Å². The van der Waals surface area contributed by atoms with E-state index in [2.05, 4.69) is 4.98 Å². The molecule has 0 aliphatic carbocycles. The molecular formula is C14H7B11N2O. The Kier molecular flexibility index (Phi) is 4.80. The number of nitrogens with one attached hydrogen (secondary N) is 1. The number of ether oxygens (including phenoxy) is 1. The highest BCUT2D eigenvalue weighted by molar-refractivity contribution is 6.62. The van der Waals surface area contributed by atoms with Crippen molar-refractivity contribution in [2.45, 2.75) is 21.1 Å². The maximum Gasteiger partial charge on any atom is 0.121 e. The first-order valence-corrected chi connectivity index (χ1v) is 8.18. The van der Waals surface area contributed by atoms with Crippen LogP contribution >= 0.6 is 0 Å². The fraction of sp³-hybridized carbons (Fsp3) is 0.429. The van der Waals surface area contributed by atoms with Gasteiger partial charge in [0, 0.05) is 11.2 Å². The van der Waals surface area contributed by atoms with Crippen molar-refractivity contribution < 1.29 is 4.74 Å². The van der Waals surface area contributed by atoms with Crippen molar-refractivity contribution in [1.82, 2.24) is 9.88 Å². The van der Waals surface area contributed by atoms with Gasteiger partial charge in [-0.15, -0.1) is 0 Å². The number of hydrogen-bond acceptors (Lipinski definition) is 2. The van der Waals surface area contributed by atoms with Crippen LogP contribution in [0, 0.1) is 0 Å². The van der Waals surface area contributed by atoms with Crippen molar-refractivity contribution in [2.75, 3.05) is 14.2 Å². The average Bonchev–Trinajstić information content (AvgIpc) is 3.00. The lowest BCUT2D eigenvalue weighted by Gasteiger charge is -2.58. The molecule has 1 aliphatic heterocycles. The first-order chi connectivity index (χ1) is 12.6. The van der Waals surface area contributed by atoms with Crippen LogP contribution in [0.4, 0.5) is 0 Å². The number of aromatic amines is 1. The van der Waals surface area contributed by atoms with Crippen LogP contribution in [0.2, 0.25) is 0 Å². The summed E-state index contributed by atoms with van der Waals surface area (Å²) in [6.45, 7) is 0. The van der Waals surface area contributed by atoms with Crippen molar-refractivity contribution in [2.24, 2.45) is 0 Å². The largest absolute Gasteiger partial charge is 0.498 e. The molecule has 0 unspecified atom stereocenters. The quantitative estimate of drug-likeness (QED) is 0.526. The fourth-order valence-electron chi connectivity index (χ4n) is 3.69. The number of aromatic nitrogens is 1. The molecule has 1 aromatic carbocycles. The number of H-pyrrole nitrogens is 1. The molecule has 14 heteroatoms. The normalized spacial score (nSPS) is 22.4.